The van der Waals surface area contributed by atoms with Crippen LogP contribution < -0.4 is 10.3 Å². The number of fused-ring (bicyclic) bond motifs is 1. The number of aromatic amines is 1. The van der Waals surface area contributed by atoms with Crippen LogP contribution in [0.15, 0.2) is 29.6 Å². The van der Waals surface area contributed by atoms with Crippen molar-refractivity contribution in [3.63, 3.8) is 0 Å². The maximum absolute atomic E-state index is 12.5. The van der Waals surface area contributed by atoms with Crippen molar-refractivity contribution >= 4 is 5.70 Å². The normalized spacial score (nSPS) is 17.4. The Balaban J connectivity index is 1.61. The minimum Gasteiger partial charge on any atom is -0.490 e. The lowest BCUT2D eigenvalue weighted by Crippen LogP contribution is -2.32. The molecule has 1 aliphatic heterocycles. The number of rotatable bonds is 5. The highest BCUT2D eigenvalue weighted by atomic mass is 16.5. The molecule has 0 radical (unpaired) electrons. The quantitative estimate of drug-likeness (QED) is 0.833. The molecule has 2 aromatic rings. The zero-order valence-electron chi connectivity index (χ0n) is 17.4. The zero-order chi connectivity index (χ0) is 20.0. The Morgan fingerprint density at radius 2 is 2.04 bits per heavy atom. The minimum absolute atomic E-state index is 0.00293. The van der Waals surface area contributed by atoms with Crippen LogP contribution in [0.5, 0.6) is 5.75 Å². The van der Waals surface area contributed by atoms with Gasteiger partial charge in [-0.2, -0.15) is 0 Å². The fourth-order valence-electron chi connectivity index (χ4n) is 4.34. The Labute approximate surface area is 167 Å². The summed E-state index contributed by atoms with van der Waals surface area (Å²) in [5.41, 5.74) is 7.42. The third-order valence-electron chi connectivity index (χ3n) is 6.26. The highest BCUT2D eigenvalue weighted by Crippen LogP contribution is 2.39. The van der Waals surface area contributed by atoms with Crippen LogP contribution >= 0.6 is 0 Å². The van der Waals surface area contributed by atoms with E-state index in [1.54, 1.807) is 0 Å². The van der Waals surface area contributed by atoms with E-state index in [1.165, 1.54) is 24.0 Å². The highest BCUT2D eigenvalue weighted by molar-refractivity contribution is 5.72. The molecule has 0 amide bonds. The Morgan fingerprint density at radius 1 is 1.29 bits per heavy atom. The van der Waals surface area contributed by atoms with Gasteiger partial charge in [-0.05, 0) is 76.1 Å². The fourth-order valence-corrected chi connectivity index (χ4v) is 4.34. The molecule has 0 bridgehead atoms. The molecule has 2 heterocycles. The van der Waals surface area contributed by atoms with Crippen LogP contribution in [0.1, 0.15) is 53.3 Å². The SMILES string of the molecule is C=C1c2c(ccc(OC(C)C3CC3)c2C)CCN1Cc1c(C)cc(C)[nH]c1=O. The summed E-state index contributed by atoms with van der Waals surface area (Å²) in [7, 11) is 0. The van der Waals surface area contributed by atoms with Crippen LogP contribution in [0.4, 0.5) is 0 Å². The number of ether oxygens (including phenoxy) is 1. The van der Waals surface area contributed by atoms with Gasteiger partial charge in [0.15, 0.2) is 0 Å². The van der Waals surface area contributed by atoms with Crippen LogP contribution in [0.25, 0.3) is 5.70 Å². The molecule has 0 spiro atoms. The number of aromatic nitrogens is 1. The molecule has 1 unspecified atom stereocenters. The van der Waals surface area contributed by atoms with Crippen molar-refractivity contribution < 1.29 is 4.74 Å². The van der Waals surface area contributed by atoms with Crippen LogP contribution in [0.2, 0.25) is 0 Å². The summed E-state index contributed by atoms with van der Waals surface area (Å²) in [5.74, 6) is 1.66. The van der Waals surface area contributed by atoms with E-state index in [0.717, 1.165) is 46.8 Å². The topological polar surface area (TPSA) is 45.3 Å². The molecule has 28 heavy (non-hydrogen) atoms. The Bertz CT molecular complexity index is 985. The average Bonchev–Trinajstić information content (AvgIpc) is 3.47. The Kier molecular flexibility index (Phi) is 4.82. The first-order valence-corrected chi connectivity index (χ1v) is 10.3. The second-order valence-electron chi connectivity index (χ2n) is 8.44. The van der Waals surface area contributed by atoms with E-state index in [-0.39, 0.29) is 11.7 Å². The second kappa shape index (κ2) is 7.16. The predicted molar refractivity (Wildman–Crippen MR) is 114 cm³/mol. The molecule has 4 heteroatoms. The van der Waals surface area contributed by atoms with Gasteiger partial charge in [0.1, 0.15) is 5.75 Å². The van der Waals surface area contributed by atoms with E-state index in [4.69, 9.17) is 4.74 Å². The first-order chi connectivity index (χ1) is 13.3. The van der Waals surface area contributed by atoms with Crippen molar-refractivity contribution in [2.45, 2.75) is 59.6 Å². The lowest BCUT2D eigenvalue weighted by atomic mass is 9.92. The summed E-state index contributed by atoms with van der Waals surface area (Å²) in [6.45, 7) is 14.1. The van der Waals surface area contributed by atoms with E-state index >= 15 is 0 Å². The maximum atomic E-state index is 12.5. The predicted octanol–water partition coefficient (Wildman–Crippen LogP) is 4.51. The highest BCUT2D eigenvalue weighted by Gasteiger charge is 2.30. The van der Waals surface area contributed by atoms with E-state index in [9.17, 15) is 4.79 Å². The van der Waals surface area contributed by atoms with Gasteiger partial charge in [-0.15, -0.1) is 0 Å². The van der Waals surface area contributed by atoms with Crippen molar-refractivity contribution in [3.05, 3.63) is 68.6 Å². The molecular weight excluding hydrogens is 348 g/mol. The van der Waals surface area contributed by atoms with E-state index < -0.39 is 0 Å². The van der Waals surface area contributed by atoms with Gasteiger partial charge < -0.3 is 14.6 Å². The molecule has 1 atom stereocenters. The van der Waals surface area contributed by atoms with Gasteiger partial charge in [0, 0.05) is 41.2 Å². The molecule has 1 aromatic heterocycles. The molecule has 1 aromatic carbocycles. The summed E-state index contributed by atoms with van der Waals surface area (Å²) >= 11 is 0. The summed E-state index contributed by atoms with van der Waals surface area (Å²) in [4.78, 5) is 17.6. The van der Waals surface area contributed by atoms with Gasteiger partial charge in [0.2, 0.25) is 0 Å². The molecule has 0 saturated heterocycles. The van der Waals surface area contributed by atoms with Crippen molar-refractivity contribution in [2.75, 3.05) is 6.54 Å². The number of hydrogen-bond acceptors (Lipinski definition) is 3. The molecule has 1 N–H and O–H groups in total. The maximum Gasteiger partial charge on any atom is 0.253 e. The van der Waals surface area contributed by atoms with Gasteiger partial charge >= 0.3 is 0 Å². The molecule has 1 fully saturated rings. The molecular formula is C24H30N2O2. The summed E-state index contributed by atoms with van der Waals surface area (Å²) < 4.78 is 6.27. The van der Waals surface area contributed by atoms with Crippen molar-refractivity contribution in [1.82, 2.24) is 9.88 Å². The number of nitrogens with zero attached hydrogens (tertiary/aromatic N) is 1. The van der Waals surface area contributed by atoms with Gasteiger partial charge in [0.05, 0.1) is 6.10 Å². The number of H-pyrrole nitrogens is 1. The van der Waals surface area contributed by atoms with Crippen molar-refractivity contribution in [3.8, 4) is 5.75 Å². The van der Waals surface area contributed by atoms with Gasteiger partial charge in [-0.25, -0.2) is 0 Å². The van der Waals surface area contributed by atoms with Crippen LogP contribution in [0.3, 0.4) is 0 Å². The summed E-state index contributed by atoms with van der Waals surface area (Å²) in [6.07, 6.45) is 3.77. The summed E-state index contributed by atoms with van der Waals surface area (Å²) in [5, 5.41) is 0. The Morgan fingerprint density at radius 3 is 2.71 bits per heavy atom. The average molecular weight is 379 g/mol. The standard InChI is InChI=1S/C24H30N2O2/c1-14-12-15(2)25-24(27)21(14)13-26-11-10-20-8-9-22(16(3)23(20)17(26)4)28-18(5)19-6-7-19/h8-9,12,18-19H,4,6-7,10-11,13H2,1-3,5H3,(H,25,27). The molecule has 2 aliphatic rings. The molecule has 4 nitrogen and oxygen atoms in total. The minimum atomic E-state index is 0.00293. The van der Waals surface area contributed by atoms with Gasteiger partial charge in [0.25, 0.3) is 5.56 Å². The fraction of sp³-hybridized carbons (Fsp3) is 0.458. The number of hydrogen-bond donors (Lipinski definition) is 1. The zero-order valence-corrected chi connectivity index (χ0v) is 17.4. The second-order valence-corrected chi connectivity index (χ2v) is 8.44. The molecule has 1 aliphatic carbocycles. The first-order valence-electron chi connectivity index (χ1n) is 10.3. The number of benzene rings is 1. The summed E-state index contributed by atoms with van der Waals surface area (Å²) in [6, 6.07) is 6.34. The Hall–Kier alpha value is -2.49. The first kappa shape index (κ1) is 18.9. The van der Waals surface area contributed by atoms with Crippen LogP contribution in [0, 0.1) is 26.7 Å². The molecule has 148 valence electrons. The van der Waals surface area contributed by atoms with Crippen molar-refractivity contribution in [1.29, 1.82) is 0 Å². The largest absolute Gasteiger partial charge is 0.490 e. The molecule has 1 saturated carbocycles. The molecule has 4 rings (SSSR count). The van der Waals surface area contributed by atoms with E-state index in [1.807, 2.05) is 19.9 Å². The van der Waals surface area contributed by atoms with Gasteiger partial charge in [-0.1, -0.05) is 12.6 Å². The third kappa shape index (κ3) is 3.48. The van der Waals surface area contributed by atoms with Crippen LogP contribution in [-0.2, 0) is 13.0 Å². The third-order valence-corrected chi connectivity index (χ3v) is 6.26. The van der Waals surface area contributed by atoms with Crippen LogP contribution in [-0.4, -0.2) is 22.5 Å². The van der Waals surface area contributed by atoms with E-state index in [2.05, 4.69) is 42.4 Å². The monoisotopic (exact) mass is 378 g/mol. The smallest absolute Gasteiger partial charge is 0.253 e. The van der Waals surface area contributed by atoms with E-state index in [0.29, 0.717) is 12.5 Å². The van der Waals surface area contributed by atoms with Crippen molar-refractivity contribution in [2.24, 2.45) is 5.92 Å². The lowest BCUT2D eigenvalue weighted by molar-refractivity contribution is 0.196. The number of pyridine rings is 1. The number of aryl methyl sites for hydroxylation is 2. The lowest BCUT2D eigenvalue weighted by Gasteiger charge is -2.34. The van der Waals surface area contributed by atoms with Gasteiger partial charge in [-0.3, -0.25) is 4.79 Å². The number of nitrogens with one attached hydrogen (secondary N) is 1.